The summed E-state index contributed by atoms with van der Waals surface area (Å²) in [5.74, 6) is 1.71. The van der Waals surface area contributed by atoms with Crippen molar-refractivity contribution in [2.75, 3.05) is 7.11 Å². The second kappa shape index (κ2) is 10.7. The Labute approximate surface area is 174 Å². The van der Waals surface area contributed by atoms with Gasteiger partial charge >= 0.3 is 5.97 Å². The smallest absolute Gasteiger partial charge is 0.305 e. The lowest BCUT2D eigenvalue weighted by atomic mass is 9.61. The van der Waals surface area contributed by atoms with Crippen molar-refractivity contribution < 1.29 is 24.5 Å². The van der Waals surface area contributed by atoms with Gasteiger partial charge in [0.05, 0.1) is 19.3 Å². The molecule has 164 valence electrons. The van der Waals surface area contributed by atoms with E-state index in [4.69, 9.17) is 0 Å². The van der Waals surface area contributed by atoms with Gasteiger partial charge in [0.2, 0.25) is 0 Å². The van der Waals surface area contributed by atoms with Crippen LogP contribution in [0.3, 0.4) is 0 Å². The third-order valence-electron chi connectivity index (χ3n) is 7.65. The predicted molar refractivity (Wildman–Crippen MR) is 111 cm³/mol. The van der Waals surface area contributed by atoms with Crippen LogP contribution in [0.2, 0.25) is 0 Å². The highest BCUT2D eigenvalue weighted by Gasteiger charge is 2.41. The van der Waals surface area contributed by atoms with Crippen LogP contribution in [0.1, 0.15) is 77.0 Å². The zero-order chi connectivity index (χ0) is 20.8. The molecule has 0 saturated heterocycles. The van der Waals surface area contributed by atoms with E-state index in [1.54, 1.807) is 0 Å². The Hall–Kier alpha value is -1.20. The average Bonchev–Trinajstić information content (AvgIpc) is 2.89. The summed E-state index contributed by atoms with van der Waals surface area (Å²) in [5.41, 5.74) is 0. The van der Waals surface area contributed by atoms with Crippen molar-refractivity contribution in [3.8, 4) is 0 Å². The second-order valence-corrected chi connectivity index (χ2v) is 9.51. The number of aliphatic hydroxyl groups is 2. The van der Waals surface area contributed by atoms with Crippen molar-refractivity contribution in [1.29, 1.82) is 0 Å². The SMILES string of the molecule is COC(=O)CCCCCC[C@H]1C(=O)C[C@@H](O)[C@@H]1C=C[C@@H](O)C1CC(C2CCC2)C1. The number of carbonyl (C=O) groups excluding carboxylic acids is 2. The number of ether oxygens (including phenoxy) is 1. The van der Waals surface area contributed by atoms with Crippen LogP contribution >= 0.6 is 0 Å². The highest BCUT2D eigenvalue weighted by atomic mass is 16.5. The fourth-order valence-corrected chi connectivity index (χ4v) is 5.36. The molecule has 4 atom stereocenters. The van der Waals surface area contributed by atoms with Crippen LogP contribution in [0, 0.1) is 29.6 Å². The number of rotatable bonds is 11. The molecule has 3 aliphatic carbocycles. The Kier molecular flexibility index (Phi) is 8.31. The van der Waals surface area contributed by atoms with Gasteiger partial charge in [-0.15, -0.1) is 0 Å². The average molecular weight is 407 g/mol. The number of hydrogen-bond donors (Lipinski definition) is 2. The highest BCUT2D eigenvalue weighted by molar-refractivity contribution is 5.84. The first-order chi connectivity index (χ1) is 14.0. The molecule has 0 heterocycles. The Balaban J connectivity index is 1.39. The van der Waals surface area contributed by atoms with Gasteiger partial charge in [-0.25, -0.2) is 0 Å². The number of carbonyl (C=O) groups is 2. The van der Waals surface area contributed by atoms with E-state index in [9.17, 15) is 19.8 Å². The molecule has 0 aromatic carbocycles. The van der Waals surface area contributed by atoms with Crippen LogP contribution in [-0.4, -0.2) is 41.3 Å². The normalized spacial score (nSPS) is 33.5. The first kappa shape index (κ1) is 22.5. The molecule has 0 spiro atoms. The van der Waals surface area contributed by atoms with Crippen LogP contribution < -0.4 is 0 Å². The number of hydrogen-bond acceptors (Lipinski definition) is 5. The minimum atomic E-state index is -0.626. The topological polar surface area (TPSA) is 83.8 Å². The van der Waals surface area contributed by atoms with E-state index in [0.717, 1.165) is 56.8 Å². The Bertz CT molecular complexity index is 576. The third kappa shape index (κ3) is 5.91. The molecule has 0 bridgehead atoms. The molecule has 0 amide bonds. The van der Waals surface area contributed by atoms with Crippen molar-refractivity contribution in [1.82, 2.24) is 0 Å². The zero-order valence-corrected chi connectivity index (χ0v) is 17.8. The number of methoxy groups -OCH3 is 1. The number of unbranched alkanes of at least 4 members (excludes halogenated alkanes) is 3. The van der Waals surface area contributed by atoms with Gasteiger partial charge in [0.15, 0.2) is 0 Å². The quantitative estimate of drug-likeness (QED) is 0.310. The van der Waals surface area contributed by atoms with E-state index in [1.807, 2.05) is 12.2 Å². The first-order valence-corrected chi connectivity index (χ1v) is 11.6. The molecule has 2 N–H and O–H groups in total. The van der Waals surface area contributed by atoms with Gasteiger partial charge in [-0.3, -0.25) is 9.59 Å². The van der Waals surface area contributed by atoms with Gasteiger partial charge in [0.1, 0.15) is 5.78 Å². The van der Waals surface area contributed by atoms with Gasteiger partial charge in [-0.05, 0) is 43.4 Å². The van der Waals surface area contributed by atoms with Crippen LogP contribution in [0.25, 0.3) is 0 Å². The standard InChI is InChI=1S/C24H38O5/c1-29-24(28)10-5-3-2-4-9-19-20(23(27)15-22(19)26)11-12-21(25)18-13-17(14-18)16-7-6-8-16/h11-12,16-21,23,25,27H,2-10,13-15H2,1H3/t17?,18?,19-,20-,21-,23-/m1/s1. The van der Waals surface area contributed by atoms with Gasteiger partial charge < -0.3 is 14.9 Å². The van der Waals surface area contributed by atoms with Crippen LogP contribution in [0.5, 0.6) is 0 Å². The molecule has 0 radical (unpaired) electrons. The van der Waals surface area contributed by atoms with E-state index >= 15 is 0 Å². The van der Waals surface area contributed by atoms with Crippen molar-refractivity contribution in [2.45, 2.75) is 89.3 Å². The van der Waals surface area contributed by atoms with Gasteiger partial charge in [0.25, 0.3) is 0 Å². The van der Waals surface area contributed by atoms with Crippen molar-refractivity contribution in [2.24, 2.45) is 29.6 Å². The third-order valence-corrected chi connectivity index (χ3v) is 7.65. The summed E-state index contributed by atoms with van der Waals surface area (Å²) < 4.78 is 4.64. The van der Waals surface area contributed by atoms with Crippen molar-refractivity contribution in [3.05, 3.63) is 12.2 Å². The minimum Gasteiger partial charge on any atom is -0.469 e. The van der Waals surface area contributed by atoms with Crippen molar-refractivity contribution >= 4 is 11.8 Å². The highest BCUT2D eigenvalue weighted by Crippen LogP contribution is 2.48. The summed E-state index contributed by atoms with van der Waals surface area (Å²) in [6.45, 7) is 0. The summed E-state index contributed by atoms with van der Waals surface area (Å²) in [5, 5.41) is 20.8. The second-order valence-electron chi connectivity index (χ2n) is 9.51. The van der Waals surface area contributed by atoms with Crippen LogP contribution in [-0.2, 0) is 14.3 Å². The number of aliphatic hydroxyl groups excluding tert-OH is 2. The molecule has 0 unspecified atom stereocenters. The fraction of sp³-hybridized carbons (Fsp3) is 0.833. The maximum absolute atomic E-state index is 12.3. The van der Waals surface area contributed by atoms with Gasteiger partial charge in [0, 0.05) is 24.7 Å². The lowest BCUT2D eigenvalue weighted by molar-refractivity contribution is -0.140. The molecule has 3 aliphatic rings. The monoisotopic (exact) mass is 406 g/mol. The largest absolute Gasteiger partial charge is 0.469 e. The minimum absolute atomic E-state index is 0.141. The lowest BCUT2D eigenvalue weighted by Gasteiger charge is -2.45. The summed E-state index contributed by atoms with van der Waals surface area (Å²) in [6, 6.07) is 0. The summed E-state index contributed by atoms with van der Waals surface area (Å²) in [6.07, 6.45) is 14.1. The number of ketones is 1. The molecule has 0 aromatic rings. The molecule has 3 fully saturated rings. The van der Waals surface area contributed by atoms with E-state index in [0.29, 0.717) is 12.3 Å². The van der Waals surface area contributed by atoms with Gasteiger partial charge in [-0.2, -0.15) is 0 Å². The Morgan fingerprint density at radius 1 is 1.17 bits per heavy atom. The fourth-order valence-electron chi connectivity index (χ4n) is 5.36. The first-order valence-electron chi connectivity index (χ1n) is 11.6. The van der Waals surface area contributed by atoms with E-state index in [1.165, 1.54) is 26.4 Å². The molecule has 29 heavy (non-hydrogen) atoms. The molecule has 5 nitrogen and oxygen atoms in total. The Morgan fingerprint density at radius 2 is 1.90 bits per heavy atom. The molecule has 3 rings (SSSR count). The molecule has 5 heteroatoms. The maximum atomic E-state index is 12.3. The van der Waals surface area contributed by atoms with Gasteiger partial charge in [-0.1, -0.05) is 50.7 Å². The lowest BCUT2D eigenvalue weighted by Crippen LogP contribution is -2.38. The Morgan fingerprint density at radius 3 is 2.55 bits per heavy atom. The summed E-state index contributed by atoms with van der Waals surface area (Å²) >= 11 is 0. The zero-order valence-electron chi connectivity index (χ0n) is 17.8. The molecule has 0 aliphatic heterocycles. The molecule has 0 aromatic heterocycles. The van der Waals surface area contributed by atoms with E-state index in [-0.39, 0.29) is 30.0 Å². The number of Topliss-reactive ketones (excluding diaryl/α,β-unsaturated/α-hetero) is 1. The van der Waals surface area contributed by atoms with E-state index in [2.05, 4.69) is 4.74 Å². The number of esters is 1. The van der Waals surface area contributed by atoms with Crippen LogP contribution in [0.15, 0.2) is 12.2 Å². The summed E-state index contributed by atoms with van der Waals surface area (Å²) in [7, 11) is 1.40. The maximum Gasteiger partial charge on any atom is 0.305 e. The van der Waals surface area contributed by atoms with Crippen molar-refractivity contribution in [3.63, 3.8) is 0 Å². The molecule has 3 saturated carbocycles. The predicted octanol–water partition coefficient (Wildman–Crippen LogP) is 3.81. The van der Waals surface area contributed by atoms with Crippen LogP contribution in [0.4, 0.5) is 0 Å². The molecular weight excluding hydrogens is 368 g/mol. The summed E-state index contributed by atoms with van der Waals surface area (Å²) in [4.78, 5) is 23.5. The van der Waals surface area contributed by atoms with E-state index < -0.39 is 12.2 Å². The molecular formula is C24H38O5.